The van der Waals surface area contributed by atoms with E-state index in [9.17, 15) is 9.59 Å². The lowest BCUT2D eigenvalue weighted by atomic mass is 10.1. The van der Waals surface area contributed by atoms with Crippen LogP contribution in [0, 0.1) is 6.92 Å². The average molecular weight is 339 g/mol. The predicted molar refractivity (Wildman–Crippen MR) is 102 cm³/mol. The Labute approximate surface area is 149 Å². The maximum atomic E-state index is 12.3. The highest BCUT2D eigenvalue weighted by Crippen LogP contribution is 2.12. The highest BCUT2D eigenvalue weighted by molar-refractivity contribution is 5.96. The number of hydrogen-bond acceptors (Lipinski definition) is 3. The van der Waals surface area contributed by atoms with Gasteiger partial charge in [-0.15, -0.1) is 0 Å². The van der Waals surface area contributed by atoms with E-state index in [1.807, 2.05) is 45.0 Å². The van der Waals surface area contributed by atoms with Crippen LogP contribution in [0.2, 0.25) is 0 Å². The molecule has 0 atom stereocenters. The Hall–Kier alpha value is -2.82. The third-order valence-electron chi connectivity index (χ3n) is 3.94. The van der Waals surface area contributed by atoms with Crippen LogP contribution in [0.25, 0.3) is 0 Å². The van der Waals surface area contributed by atoms with Crippen molar-refractivity contribution in [1.29, 1.82) is 0 Å². The molecule has 0 aromatic heterocycles. The van der Waals surface area contributed by atoms with Gasteiger partial charge in [0.25, 0.3) is 5.91 Å². The zero-order valence-corrected chi connectivity index (χ0v) is 15.0. The molecule has 0 fully saturated rings. The van der Waals surface area contributed by atoms with E-state index in [1.54, 1.807) is 29.2 Å². The summed E-state index contributed by atoms with van der Waals surface area (Å²) >= 11 is 0. The Balaban J connectivity index is 1.90. The monoisotopic (exact) mass is 339 g/mol. The number of carbonyl (C=O) groups is 2. The van der Waals surface area contributed by atoms with Crippen molar-refractivity contribution in [3.8, 4) is 0 Å². The minimum absolute atomic E-state index is 0.00370. The smallest absolute Gasteiger partial charge is 0.253 e. The van der Waals surface area contributed by atoms with E-state index < -0.39 is 0 Å². The second-order valence-electron chi connectivity index (χ2n) is 5.83. The molecule has 2 amide bonds. The zero-order valence-electron chi connectivity index (χ0n) is 15.0. The minimum Gasteiger partial charge on any atom is -0.376 e. The van der Waals surface area contributed by atoms with E-state index in [4.69, 9.17) is 0 Å². The topological polar surface area (TPSA) is 61.4 Å². The van der Waals surface area contributed by atoms with Crippen LogP contribution in [-0.4, -0.2) is 36.3 Å². The van der Waals surface area contributed by atoms with Crippen LogP contribution >= 0.6 is 0 Å². The van der Waals surface area contributed by atoms with Gasteiger partial charge in [-0.3, -0.25) is 9.59 Å². The summed E-state index contributed by atoms with van der Waals surface area (Å²) in [4.78, 5) is 26.1. The quantitative estimate of drug-likeness (QED) is 0.811. The number of carbonyl (C=O) groups excluding carboxylic acids is 2. The second-order valence-corrected chi connectivity index (χ2v) is 5.83. The normalized spacial score (nSPS) is 10.2. The number of nitrogens with one attached hydrogen (secondary N) is 2. The maximum absolute atomic E-state index is 12.3. The fourth-order valence-electron chi connectivity index (χ4n) is 2.53. The second kappa shape index (κ2) is 8.87. The Morgan fingerprint density at radius 3 is 2.24 bits per heavy atom. The molecule has 2 N–H and O–H groups in total. The van der Waals surface area contributed by atoms with Crippen molar-refractivity contribution in [2.75, 3.05) is 30.3 Å². The summed E-state index contributed by atoms with van der Waals surface area (Å²) in [7, 11) is 0. The minimum atomic E-state index is -0.135. The van der Waals surface area contributed by atoms with E-state index in [2.05, 4.69) is 10.6 Å². The molecule has 0 aliphatic heterocycles. The Kier molecular flexibility index (Phi) is 6.57. The molecule has 0 aliphatic carbocycles. The summed E-state index contributed by atoms with van der Waals surface area (Å²) in [6.07, 6.45) is 0. The molecule has 2 aromatic rings. The van der Waals surface area contributed by atoms with Crippen molar-refractivity contribution >= 4 is 23.2 Å². The van der Waals surface area contributed by atoms with Crippen molar-refractivity contribution in [1.82, 2.24) is 4.90 Å². The molecule has 0 unspecified atom stereocenters. The van der Waals surface area contributed by atoms with Crippen molar-refractivity contribution in [3.05, 3.63) is 59.7 Å². The first-order valence-electron chi connectivity index (χ1n) is 8.53. The highest BCUT2D eigenvalue weighted by Gasteiger charge is 2.12. The molecule has 132 valence electrons. The van der Waals surface area contributed by atoms with Crippen LogP contribution in [0.5, 0.6) is 0 Å². The molecule has 0 saturated heterocycles. The van der Waals surface area contributed by atoms with E-state index in [0.717, 1.165) is 11.3 Å². The third kappa shape index (κ3) is 5.35. The van der Waals surface area contributed by atoms with Crippen LogP contribution in [0.4, 0.5) is 11.4 Å². The van der Waals surface area contributed by atoms with Crippen molar-refractivity contribution in [3.63, 3.8) is 0 Å². The fourth-order valence-corrected chi connectivity index (χ4v) is 2.53. The van der Waals surface area contributed by atoms with Crippen LogP contribution in [0.1, 0.15) is 29.8 Å². The fraction of sp³-hybridized carbons (Fsp3) is 0.300. The summed E-state index contributed by atoms with van der Waals surface area (Å²) < 4.78 is 0. The van der Waals surface area contributed by atoms with E-state index >= 15 is 0 Å². The van der Waals surface area contributed by atoms with Crippen molar-refractivity contribution in [2.24, 2.45) is 0 Å². The largest absolute Gasteiger partial charge is 0.376 e. The number of amides is 2. The summed E-state index contributed by atoms with van der Waals surface area (Å²) in [5, 5.41) is 5.92. The lowest BCUT2D eigenvalue weighted by molar-refractivity contribution is -0.114. The lowest BCUT2D eigenvalue weighted by Crippen LogP contribution is -2.30. The Bertz CT molecular complexity index is 722. The van der Waals surface area contributed by atoms with Gasteiger partial charge in [0, 0.05) is 30.0 Å². The molecule has 0 heterocycles. The molecule has 25 heavy (non-hydrogen) atoms. The van der Waals surface area contributed by atoms with Gasteiger partial charge in [-0.2, -0.15) is 0 Å². The Morgan fingerprint density at radius 1 is 0.960 bits per heavy atom. The SMILES string of the molecule is CCN(CC)C(=O)c1ccc(NC(=O)CNc2cccc(C)c2)cc1. The molecular weight excluding hydrogens is 314 g/mol. The molecule has 0 saturated carbocycles. The van der Waals surface area contributed by atoms with Crippen LogP contribution < -0.4 is 10.6 Å². The summed E-state index contributed by atoms with van der Waals surface area (Å²) in [6, 6.07) is 14.8. The number of anilines is 2. The number of hydrogen-bond donors (Lipinski definition) is 2. The van der Waals surface area contributed by atoms with Gasteiger partial charge in [-0.05, 0) is 62.7 Å². The molecule has 0 radical (unpaired) electrons. The van der Waals surface area contributed by atoms with Gasteiger partial charge in [-0.25, -0.2) is 0 Å². The molecule has 0 aliphatic rings. The van der Waals surface area contributed by atoms with E-state index in [0.29, 0.717) is 24.3 Å². The first kappa shape index (κ1) is 18.5. The number of aryl methyl sites for hydroxylation is 1. The van der Waals surface area contributed by atoms with Gasteiger partial charge >= 0.3 is 0 Å². The summed E-state index contributed by atoms with van der Waals surface area (Å²) in [6.45, 7) is 7.46. The summed E-state index contributed by atoms with van der Waals surface area (Å²) in [5.41, 5.74) is 3.35. The Morgan fingerprint density at radius 2 is 1.64 bits per heavy atom. The first-order chi connectivity index (χ1) is 12.0. The molecule has 2 aromatic carbocycles. The number of nitrogens with zero attached hydrogens (tertiary/aromatic N) is 1. The van der Waals surface area contributed by atoms with Crippen molar-refractivity contribution in [2.45, 2.75) is 20.8 Å². The summed E-state index contributed by atoms with van der Waals surface area (Å²) in [5.74, 6) is -0.131. The maximum Gasteiger partial charge on any atom is 0.253 e. The third-order valence-corrected chi connectivity index (χ3v) is 3.94. The lowest BCUT2D eigenvalue weighted by Gasteiger charge is -2.18. The van der Waals surface area contributed by atoms with Gasteiger partial charge in [-0.1, -0.05) is 12.1 Å². The van der Waals surface area contributed by atoms with Gasteiger partial charge in [0.15, 0.2) is 0 Å². The number of rotatable bonds is 7. The van der Waals surface area contributed by atoms with Gasteiger partial charge in [0.05, 0.1) is 6.54 Å². The van der Waals surface area contributed by atoms with Gasteiger partial charge in [0.1, 0.15) is 0 Å². The van der Waals surface area contributed by atoms with E-state index in [1.165, 1.54) is 0 Å². The highest BCUT2D eigenvalue weighted by atomic mass is 16.2. The molecule has 0 bridgehead atoms. The zero-order chi connectivity index (χ0) is 18.2. The van der Waals surface area contributed by atoms with Crippen LogP contribution in [-0.2, 0) is 4.79 Å². The first-order valence-corrected chi connectivity index (χ1v) is 8.53. The average Bonchev–Trinajstić information content (AvgIpc) is 2.61. The molecule has 2 rings (SSSR count). The standard InChI is InChI=1S/C20H25N3O2/c1-4-23(5-2)20(25)16-9-11-17(12-10-16)22-19(24)14-21-18-8-6-7-15(3)13-18/h6-13,21H,4-5,14H2,1-3H3,(H,22,24). The van der Waals surface area contributed by atoms with Gasteiger partial charge < -0.3 is 15.5 Å². The molecule has 5 heteroatoms. The van der Waals surface area contributed by atoms with Gasteiger partial charge in [0.2, 0.25) is 5.91 Å². The number of benzene rings is 2. The predicted octanol–water partition coefficient (Wildman–Crippen LogP) is 3.53. The van der Waals surface area contributed by atoms with E-state index in [-0.39, 0.29) is 18.4 Å². The molecular formula is C20H25N3O2. The van der Waals surface area contributed by atoms with Crippen LogP contribution in [0.15, 0.2) is 48.5 Å². The van der Waals surface area contributed by atoms with Crippen molar-refractivity contribution < 1.29 is 9.59 Å². The van der Waals surface area contributed by atoms with Crippen LogP contribution in [0.3, 0.4) is 0 Å². The molecule has 5 nitrogen and oxygen atoms in total. The molecule has 0 spiro atoms.